The van der Waals surface area contributed by atoms with E-state index in [-0.39, 0.29) is 12.1 Å². The maximum atomic E-state index is 12.2. The summed E-state index contributed by atoms with van der Waals surface area (Å²) in [5.41, 5.74) is 2.19. The third-order valence-corrected chi connectivity index (χ3v) is 5.43. The number of urea groups is 1. The van der Waals surface area contributed by atoms with Gasteiger partial charge in [-0.1, -0.05) is 24.4 Å². The molecule has 0 radical (unpaired) electrons. The standard InChI is InChI=1S/C18H30N4O2/c1-13-17(14(2)24-21-13)12-22-10-8-16(9-11-22)20-18(23)19-15-6-4-3-5-7-15/h15-16H,3-12H2,1-2H3,(H2,19,20,23). The molecule has 6 nitrogen and oxygen atoms in total. The molecule has 6 heteroatoms. The predicted octanol–water partition coefficient (Wildman–Crippen LogP) is 2.89. The molecule has 24 heavy (non-hydrogen) atoms. The summed E-state index contributed by atoms with van der Waals surface area (Å²) >= 11 is 0. The van der Waals surface area contributed by atoms with Crippen molar-refractivity contribution in [3.8, 4) is 0 Å². The van der Waals surface area contributed by atoms with Crippen LogP contribution in [0.1, 0.15) is 62.0 Å². The number of aromatic nitrogens is 1. The molecule has 3 rings (SSSR count). The molecule has 0 unspecified atom stereocenters. The molecule has 1 aliphatic heterocycles. The number of aryl methyl sites for hydroxylation is 2. The number of piperidine rings is 1. The maximum absolute atomic E-state index is 12.2. The van der Waals surface area contributed by atoms with Gasteiger partial charge in [0, 0.05) is 37.3 Å². The zero-order valence-corrected chi connectivity index (χ0v) is 14.9. The van der Waals surface area contributed by atoms with E-state index in [4.69, 9.17) is 4.52 Å². The first kappa shape index (κ1) is 17.3. The maximum Gasteiger partial charge on any atom is 0.315 e. The summed E-state index contributed by atoms with van der Waals surface area (Å²) in [5, 5.41) is 10.3. The molecular weight excluding hydrogens is 304 g/mol. The number of nitrogens with zero attached hydrogens (tertiary/aromatic N) is 2. The number of hydrogen-bond acceptors (Lipinski definition) is 4. The summed E-state index contributed by atoms with van der Waals surface area (Å²) < 4.78 is 5.24. The van der Waals surface area contributed by atoms with E-state index < -0.39 is 0 Å². The fraction of sp³-hybridized carbons (Fsp3) is 0.778. The second-order valence-corrected chi connectivity index (χ2v) is 7.31. The molecule has 2 N–H and O–H groups in total. The first-order valence-electron chi connectivity index (χ1n) is 9.33. The lowest BCUT2D eigenvalue weighted by molar-refractivity contribution is 0.184. The lowest BCUT2D eigenvalue weighted by Crippen LogP contribution is -2.50. The fourth-order valence-electron chi connectivity index (χ4n) is 3.85. The Bertz CT molecular complexity index is 524. The monoisotopic (exact) mass is 334 g/mol. The highest BCUT2D eigenvalue weighted by Crippen LogP contribution is 2.19. The topological polar surface area (TPSA) is 70.4 Å². The highest BCUT2D eigenvalue weighted by atomic mass is 16.5. The Morgan fingerprint density at radius 2 is 1.71 bits per heavy atom. The number of nitrogens with one attached hydrogen (secondary N) is 2. The van der Waals surface area contributed by atoms with Crippen molar-refractivity contribution in [2.24, 2.45) is 0 Å². The van der Waals surface area contributed by atoms with Crippen LogP contribution in [0.15, 0.2) is 4.52 Å². The van der Waals surface area contributed by atoms with Gasteiger partial charge in [-0.15, -0.1) is 0 Å². The molecular formula is C18H30N4O2. The fourth-order valence-corrected chi connectivity index (χ4v) is 3.85. The Balaban J connectivity index is 1.39. The molecule has 1 aromatic rings. The Labute approximate surface area is 144 Å². The largest absolute Gasteiger partial charge is 0.361 e. The summed E-state index contributed by atoms with van der Waals surface area (Å²) in [6, 6.07) is 0.680. The summed E-state index contributed by atoms with van der Waals surface area (Å²) in [7, 11) is 0. The van der Waals surface area contributed by atoms with Crippen molar-refractivity contribution < 1.29 is 9.32 Å². The molecule has 0 atom stereocenters. The van der Waals surface area contributed by atoms with Crippen LogP contribution in [0, 0.1) is 13.8 Å². The van der Waals surface area contributed by atoms with E-state index in [0.29, 0.717) is 6.04 Å². The van der Waals surface area contributed by atoms with Crippen LogP contribution in [0.4, 0.5) is 4.79 Å². The Kier molecular flexibility index (Phi) is 5.76. The lowest BCUT2D eigenvalue weighted by Gasteiger charge is -2.33. The molecule has 1 aliphatic carbocycles. The van der Waals surface area contributed by atoms with Crippen molar-refractivity contribution in [2.45, 2.75) is 77.4 Å². The summed E-state index contributed by atoms with van der Waals surface area (Å²) in [4.78, 5) is 14.6. The second kappa shape index (κ2) is 8.01. The zero-order chi connectivity index (χ0) is 16.9. The van der Waals surface area contributed by atoms with E-state index in [9.17, 15) is 4.79 Å². The molecule has 0 spiro atoms. The number of carbonyl (C=O) groups excluding carboxylic acids is 1. The van der Waals surface area contributed by atoms with Crippen LogP contribution >= 0.6 is 0 Å². The van der Waals surface area contributed by atoms with Gasteiger partial charge in [-0.2, -0.15) is 0 Å². The molecule has 134 valence electrons. The minimum Gasteiger partial charge on any atom is -0.361 e. The van der Waals surface area contributed by atoms with Crippen LogP contribution in [0.25, 0.3) is 0 Å². The first-order valence-corrected chi connectivity index (χ1v) is 9.33. The van der Waals surface area contributed by atoms with Gasteiger partial charge >= 0.3 is 6.03 Å². The van der Waals surface area contributed by atoms with Gasteiger partial charge in [0.05, 0.1) is 5.69 Å². The molecule has 0 aromatic carbocycles. The normalized spacial score (nSPS) is 20.9. The van der Waals surface area contributed by atoms with Crippen LogP contribution < -0.4 is 10.6 Å². The molecule has 1 saturated heterocycles. The number of rotatable bonds is 4. The van der Waals surface area contributed by atoms with E-state index in [0.717, 1.165) is 56.8 Å². The summed E-state index contributed by atoms with van der Waals surface area (Å²) in [6.07, 6.45) is 8.05. The lowest BCUT2D eigenvalue weighted by atomic mass is 9.96. The quantitative estimate of drug-likeness (QED) is 0.888. The van der Waals surface area contributed by atoms with Gasteiger partial charge in [-0.25, -0.2) is 4.79 Å². The molecule has 2 fully saturated rings. The van der Waals surface area contributed by atoms with Gasteiger partial charge in [-0.05, 0) is 39.5 Å². The average Bonchev–Trinajstić information content (AvgIpc) is 2.89. The minimum atomic E-state index is 0.0195. The van der Waals surface area contributed by atoms with Gasteiger partial charge in [0.15, 0.2) is 0 Å². The van der Waals surface area contributed by atoms with Crippen molar-refractivity contribution in [3.63, 3.8) is 0 Å². The van der Waals surface area contributed by atoms with Crippen LogP contribution in [-0.2, 0) is 6.54 Å². The van der Waals surface area contributed by atoms with Gasteiger partial charge in [-0.3, -0.25) is 4.90 Å². The molecule has 2 amide bonds. The number of hydrogen-bond donors (Lipinski definition) is 2. The molecule has 2 heterocycles. The third kappa shape index (κ3) is 4.50. The van der Waals surface area contributed by atoms with E-state index in [1.807, 2.05) is 13.8 Å². The van der Waals surface area contributed by atoms with Crippen LogP contribution in [0.5, 0.6) is 0 Å². The molecule has 2 aliphatic rings. The number of carbonyl (C=O) groups is 1. The van der Waals surface area contributed by atoms with Gasteiger partial charge in [0.1, 0.15) is 5.76 Å². The van der Waals surface area contributed by atoms with Crippen LogP contribution in [0.3, 0.4) is 0 Å². The van der Waals surface area contributed by atoms with Gasteiger partial charge in [0.2, 0.25) is 0 Å². The van der Waals surface area contributed by atoms with E-state index in [1.54, 1.807) is 0 Å². The summed E-state index contributed by atoms with van der Waals surface area (Å²) in [5.74, 6) is 0.916. The first-order chi connectivity index (χ1) is 11.6. The Hall–Kier alpha value is -1.56. The van der Waals surface area contributed by atoms with Crippen molar-refractivity contribution >= 4 is 6.03 Å². The highest BCUT2D eigenvalue weighted by molar-refractivity contribution is 5.74. The summed E-state index contributed by atoms with van der Waals surface area (Å²) in [6.45, 7) is 6.86. The Morgan fingerprint density at radius 3 is 2.29 bits per heavy atom. The zero-order valence-electron chi connectivity index (χ0n) is 14.9. The van der Waals surface area contributed by atoms with Crippen LogP contribution in [0.2, 0.25) is 0 Å². The van der Waals surface area contributed by atoms with Crippen molar-refractivity contribution in [1.82, 2.24) is 20.7 Å². The van der Waals surface area contributed by atoms with Crippen molar-refractivity contribution in [2.75, 3.05) is 13.1 Å². The van der Waals surface area contributed by atoms with E-state index >= 15 is 0 Å². The molecule has 1 aromatic heterocycles. The van der Waals surface area contributed by atoms with Gasteiger partial charge < -0.3 is 15.2 Å². The number of amides is 2. The number of likely N-dealkylation sites (tertiary alicyclic amines) is 1. The van der Waals surface area contributed by atoms with Crippen LogP contribution in [-0.4, -0.2) is 41.3 Å². The minimum absolute atomic E-state index is 0.0195. The Morgan fingerprint density at radius 1 is 1.08 bits per heavy atom. The van der Waals surface area contributed by atoms with Gasteiger partial charge in [0.25, 0.3) is 0 Å². The average molecular weight is 334 g/mol. The third-order valence-electron chi connectivity index (χ3n) is 5.43. The van der Waals surface area contributed by atoms with E-state index in [1.165, 1.54) is 24.8 Å². The molecule has 0 bridgehead atoms. The SMILES string of the molecule is Cc1noc(C)c1CN1CCC(NC(=O)NC2CCCCC2)CC1. The second-order valence-electron chi connectivity index (χ2n) is 7.31. The van der Waals surface area contributed by atoms with Crippen molar-refractivity contribution in [1.29, 1.82) is 0 Å². The molecule has 1 saturated carbocycles. The smallest absolute Gasteiger partial charge is 0.315 e. The van der Waals surface area contributed by atoms with E-state index in [2.05, 4.69) is 20.7 Å². The van der Waals surface area contributed by atoms with Crippen molar-refractivity contribution in [3.05, 3.63) is 17.0 Å². The highest BCUT2D eigenvalue weighted by Gasteiger charge is 2.23. The predicted molar refractivity (Wildman–Crippen MR) is 92.8 cm³/mol.